The highest BCUT2D eigenvalue weighted by molar-refractivity contribution is 5.70. The Balaban J connectivity index is 1.45. The second kappa shape index (κ2) is 7.20. The van der Waals surface area contributed by atoms with Crippen molar-refractivity contribution in [3.05, 3.63) is 78.0 Å². The molecule has 3 saturated carbocycles. The Morgan fingerprint density at radius 1 is 0.821 bits per heavy atom. The Labute approximate surface area is 169 Å². The van der Waals surface area contributed by atoms with Crippen LogP contribution in [0.1, 0.15) is 49.1 Å². The molecule has 28 heavy (non-hydrogen) atoms. The molecule has 0 spiro atoms. The first-order valence-electron chi connectivity index (χ1n) is 10.8. The van der Waals surface area contributed by atoms with E-state index in [-0.39, 0.29) is 0 Å². The molecule has 1 atom stereocenters. The molecular formula is C27H30N+. The van der Waals surface area contributed by atoms with Gasteiger partial charge in [-0.2, -0.15) is 0 Å². The van der Waals surface area contributed by atoms with Crippen molar-refractivity contribution in [2.45, 2.75) is 44.9 Å². The van der Waals surface area contributed by atoms with Crippen LogP contribution < -0.4 is 4.57 Å². The molecule has 0 aliphatic heterocycles. The van der Waals surface area contributed by atoms with Gasteiger partial charge in [0.25, 0.3) is 0 Å². The Kier molecular flexibility index (Phi) is 4.55. The molecule has 6 rings (SSSR count). The van der Waals surface area contributed by atoms with Crippen LogP contribution in [0.15, 0.2) is 66.9 Å². The van der Waals surface area contributed by atoms with E-state index in [1.807, 2.05) is 0 Å². The monoisotopic (exact) mass is 368 g/mol. The number of hydrogen-bond acceptors (Lipinski definition) is 0. The fraction of sp³-hybridized carbons (Fsp3) is 0.370. The predicted molar refractivity (Wildman–Crippen MR) is 116 cm³/mol. The first-order valence-corrected chi connectivity index (χ1v) is 10.8. The van der Waals surface area contributed by atoms with Crippen molar-refractivity contribution in [1.29, 1.82) is 0 Å². The lowest BCUT2D eigenvalue weighted by Gasteiger charge is -2.42. The minimum atomic E-state index is 0.803. The summed E-state index contributed by atoms with van der Waals surface area (Å²) in [6, 6.07) is 22.7. The van der Waals surface area contributed by atoms with E-state index in [0.717, 1.165) is 17.8 Å². The third kappa shape index (κ3) is 3.17. The maximum atomic E-state index is 2.40. The zero-order valence-electron chi connectivity index (χ0n) is 17.1. The molecule has 3 aliphatic carbocycles. The third-order valence-corrected chi connectivity index (χ3v) is 7.29. The highest BCUT2D eigenvalue weighted by Crippen LogP contribution is 2.49. The van der Waals surface area contributed by atoms with Crippen molar-refractivity contribution in [1.82, 2.24) is 0 Å². The molecule has 2 bridgehead atoms. The van der Waals surface area contributed by atoms with Gasteiger partial charge in [-0.1, -0.05) is 55.3 Å². The van der Waals surface area contributed by atoms with Crippen molar-refractivity contribution in [2.24, 2.45) is 18.9 Å². The summed E-state index contributed by atoms with van der Waals surface area (Å²) >= 11 is 0. The summed E-state index contributed by atoms with van der Waals surface area (Å²) in [5.74, 6) is 2.72. The lowest BCUT2D eigenvalue weighted by Crippen LogP contribution is -2.30. The van der Waals surface area contributed by atoms with E-state index in [0.29, 0.717) is 0 Å². The van der Waals surface area contributed by atoms with Gasteiger partial charge in [0.15, 0.2) is 6.20 Å². The zero-order chi connectivity index (χ0) is 19.1. The van der Waals surface area contributed by atoms with Gasteiger partial charge in [0.2, 0.25) is 5.69 Å². The van der Waals surface area contributed by atoms with E-state index >= 15 is 0 Å². The van der Waals surface area contributed by atoms with E-state index in [4.69, 9.17) is 0 Å². The van der Waals surface area contributed by atoms with E-state index in [1.165, 1.54) is 60.1 Å². The lowest BCUT2D eigenvalue weighted by atomic mass is 9.63. The number of aromatic nitrogens is 1. The summed E-state index contributed by atoms with van der Waals surface area (Å²) in [7, 11) is 2.13. The average molecular weight is 369 g/mol. The van der Waals surface area contributed by atoms with Crippen LogP contribution in [0.2, 0.25) is 0 Å². The molecule has 0 amide bonds. The van der Waals surface area contributed by atoms with Crippen LogP contribution in [0.5, 0.6) is 0 Å². The molecule has 1 heterocycles. The second-order valence-electron chi connectivity index (χ2n) is 8.97. The van der Waals surface area contributed by atoms with Crippen LogP contribution in [-0.2, 0) is 7.05 Å². The molecule has 3 fully saturated rings. The second-order valence-corrected chi connectivity index (χ2v) is 8.97. The maximum absolute atomic E-state index is 2.40. The molecule has 1 nitrogen and oxygen atoms in total. The molecule has 1 unspecified atom stereocenters. The SMILES string of the molecule is Cc1ccccc1-c1cc(-c2ccc(C3CC4CCC3CC4)cc2)cc[n+]1C. The summed E-state index contributed by atoms with van der Waals surface area (Å²) < 4.78 is 2.22. The van der Waals surface area contributed by atoms with Crippen LogP contribution in [0.25, 0.3) is 22.4 Å². The van der Waals surface area contributed by atoms with Crippen molar-refractivity contribution >= 4 is 0 Å². The number of hydrogen-bond donors (Lipinski definition) is 0. The number of nitrogens with zero attached hydrogens (tertiary/aromatic N) is 1. The molecule has 3 aliphatic rings. The highest BCUT2D eigenvalue weighted by Gasteiger charge is 2.36. The Bertz CT molecular complexity index is 977. The van der Waals surface area contributed by atoms with Gasteiger partial charge in [0.05, 0.1) is 0 Å². The quantitative estimate of drug-likeness (QED) is 0.468. The molecule has 2 aromatic carbocycles. The number of aryl methyl sites for hydroxylation is 2. The molecule has 0 saturated heterocycles. The molecule has 3 aromatic rings. The van der Waals surface area contributed by atoms with Gasteiger partial charge in [-0.05, 0) is 72.3 Å². The topological polar surface area (TPSA) is 3.88 Å². The summed E-state index contributed by atoms with van der Waals surface area (Å²) in [5, 5.41) is 0. The van der Waals surface area contributed by atoms with Crippen LogP contribution in [0.4, 0.5) is 0 Å². The molecule has 0 radical (unpaired) electrons. The van der Waals surface area contributed by atoms with Gasteiger partial charge in [-0.3, -0.25) is 0 Å². The van der Waals surface area contributed by atoms with Crippen molar-refractivity contribution < 1.29 is 4.57 Å². The Hall–Kier alpha value is -2.41. The molecule has 0 N–H and O–H groups in total. The Morgan fingerprint density at radius 3 is 2.25 bits per heavy atom. The van der Waals surface area contributed by atoms with Gasteiger partial charge in [0.1, 0.15) is 7.05 Å². The number of fused-ring (bicyclic) bond motifs is 3. The summed E-state index contributed by atoms with van der Waals surface area (Å²) in [4.78, 5) is 0. The number of benzene rings is 2. The highest BCUT2D eigenvalue weighted by atomic mass is 14.9. The minimum Gasteiger partial charge on any atom is -0.201 e. The fourth-order valence-electron chi connectivity index (χ4n) is 5.59. The maximum Gasteiger partial charge on any atom is 0.213 e. The fourth-order valence-corrected chi connectivity index (χ4v) is 5.59. The zero-order valence-corrected chi connectivity index (χ0v) is 17.1. The largest absolute Gasteiger partial charge is 0.213 e. The summed E-state index contributed by atoms with van der Waals surface area (Å²) in [6.07, 6.45) is 9.45. The Morgan fingerprint density at radius 2 is 1.57 bits per heavy atom. The van der Waals surface area contributed by atoms with Crippen molar-refractivity contribution in [2.75, 3.05) is 0 Å². The van der Waals surface area contributed by atoms with Gasteiger partial charge >= 0.3 is 0 Å². The smallest absolute Gasteiger partial charge is 0.201 e. The summed E-state index contributed by atoms with van der Waals surface area (Å²) in [6.45, 7) is 2.19. The predicted octanol–water partition coefficient (Wildman–Crippen LogP) is 6.45. The molecule has 1 heteroatoms. The van der Waals surface area contributed by atoms with E-state index < -0.39 is 0 Å². The van der Waals surface area contributed by atoms with Crippen LogP contribution in [0.3, 0.4) is 0 Å². The standard InChI is InChI=1S/C27H30N/c1-19-5-3-4-6-25(19)27-18-24(15-16-28(27)2)21-11-13-23(14-12-21)26-17-20-7-9-22(26)10-8-20/h3-6,11-16,18,20,22,26H,7-10,17H2,1-2H3/q+1. The van der Waals surface area contributed by atoms with E-state index in [9.17, 15) is 0 Å². The van der Waals surface area contributed by atoms with Gasteiger partial charge in [0, 0.05) is 17.7 Å². The van der Waals surface area contributed by atoms with Crippen molar-refractivity contribution in [3.63, 3.8) is 0 Å². The van der Waals surface area contributed by atoms with Crippen molar-refractivity contribution in [3.8, 4) is 22.4 Å². The minimum absolute atomic E-state index is 0.803. The third-order valence-electron chi connectivity index (χ3n) is 7.29. The number of pyridine rings is 1. The molecular weight excluding hydrogens is 338 g/mol. The van der Waals surface area contributed by atoms with Gasteiger partial charge < -0.3 is 0 Å². The van der Waals surface area contributed by atoms with Crippen LogP contribution in [0, 0.1) is 18.8 Å². The number of rotatable bonds is 3. The van der Waals surface area contributed by atoms with E-state index in [2.05, 4.69) is 85.4 Å². The average Bonchev–Trinajstić information content (AvgIpc) is 2.76. The summed E-state index contributed by atoms with van der Waals surface area (Å²) in [5.41, 5.74) is 8.08. The molecule has 1 aromatic heterocycles. The molecule has 142 valence electrons. The van der Waals surface area contributed by atoms with Crippen LogP contribution >= 0.6 is 0 Å². The first kappa shape index (κ1) is 17.7. The van der Waals surface area contributed by atoms with Crippen LogP contribution in [-0.4, -0.2) is 0 Å². The first-order chi connectivity index (χ1) is 13.7. The van der Waals surface area contributed by atoms with Gasteiger partial charge in [-0.15, -0.1) is 0 Å². The lowest BCUT2D eigenvalue weighted by molar-refractivity contribution is -0.660. The van der Waals surface area contributed by atoms with Gasteiger partial charge in [-0.25, -0.2) is 4.57 Å². The van der Waals surface area contributed by atoms with E-state index in [1.54, 1.807) is 5.56 Å². The normalized spacial score (nSPS) is 23.7.